The molecule has 0 aliphatic carbocycles. The molecule has 1 aromatic carbocycles. The van der Waals surface area contributed by atoms with Gasteiger partial charge in [0.15, 0.2) is 0 Å². The van der Waals surface area contributed by atoms with Crippen LogP contribution in [0.2, 0.25) is 0 Å². The van der Waals surface area contributed by atoms with Crippen LogP contribution in [0.15, 0.2) is 24.3 Å². The molecule has 25 heavy (non-hydrogen) atoms. The molecule has 3 atom stereocenters. The zero-order chi connectivity index (χ0) is 17.4. The van der Waals surface area contributed by atoms with Crippen LogP contribution in [0.5, 0.6) is 5.75 Å². The molecule has 5 nitrogen and oxygen atoms in total. The largest absolute Gasteiger partial charge is 0.508 e. The standard InChI is InChI=1S/C20H28N2O3/c1-2-25-11-8-18(24)22-13-17(15-4-3-5-16(23)12-15)20-19(22)14-6-9-21(20)10-7-14/h3-5,12,14,17,19-20,23H,2,6-11,13H2,1H3/t17-,19+,20+/m1/s1. The molecule has 0 aromatic heterocycles. The molecule has 0 spiro atoms. The van der Waals surface area contributed by atoms with Crippen molar-refractivity contribution in [3.63, 3.8) is 0 Å². The number of ether oxygens (including phenoxy) is 1. The molecule has 5 rings (SSSR count). The Morgan fingerprint density at radius 1 is 1.28 bits per heavy atom. The van der Waals surface area contributed by atoms with Gasteiger partial charge in [0.2, 0.25) is 5.91 Å². The number of phenols is 1. The first-order valence-corrected chi connectivity index (χ1v) is 9.59. The van der Waals surface area contributed by atoms with Gasteiger partial charge in [-0.15, -0.1) is 0 Å². The van der Waals surface area contributed by atoms with Crippen molar-refractivity contribution in [1.82, 2.24) is 9.80 Å². The predicted octanol–water partition coefficient (Wildman–Crippen LogP) is 2.21. The number of piperidine rings is 3. The van der Waals surface area contributed by atoms with E-state index in [1.165, 1.54) is 12.8 Å². The van der Waals surface area contributed by atoms with Gasteiger partial charge in [0.1, 0.15) is 5.75 Å². The topological polar surface area (TPSA) is 53.0 Å². The average Bonchev–Trinajstić information content (AvgIpc) is 3.06. The molecular formula is C20H28N2O3. The summed E-state index contributed by atoms with van der Waals surface area (Å²) in [4.78, 5) is 17.6. The summed E-state index contributed by atoms with van der Waals surface area (Å²) in [5.41, 5.74) is 1.16. The first kappa shape index (κ1) is 16.9. The van der Waals surface area contributed by atoms with Crippen LogP contribution in [-0.2, 0) is 9.53 Å². The molecule has 0 radical (unpaired) electrons. The van der Waals surface area contributed by atoms with Gasteiger partial charge in [-0.2, -0.15) is 0 Å². The van der Waals surface area contributed by atoms with Crippen LogP contribution in [-0.4, -0.2) is 65.7 Å². The Bertz CT molecular complexity index is 627. The molecule has 4 aliphatic heterocycles. The number of rotatable bonds is 5. The van der Waals surface area contributed by atoms with E-state index in [2.05, 4.69) is 15.9 Å². The normalized spacial score (nSPS) is 33.5. The quantitative estimate of drug-likeness (QED) is 0.832. The second kappa shape index (κ2) is 6.96. The van der Waals surface area contributed by atoms with Crippen molar-refractivity contribution in [1.29, 1.82) is 0 Å². The fourth-order valence-corrected chi connectivity index (χ4v) is 5.20. The molecule has 0 saturated carbocycles. The van der Waals surface area contributed by atoms with Crippen molar-refractivity contribution < 1.29 is 14.6 Å². The third-order valence-corrected chi connectivity index (χ3v) is 6.28. The van der Waals surface area contributed by atoms with Crippen molar-refractivity contribution in [2.24, 2.45) is 5.92 Å². The first-order valence-electron chi connectivity index (χ1n) is 9.59. The third-order valence-electron chi connectivity index (χ3n) is 6.28. The van der Waals surface area contributed by atoms with Crippen LogP contribution < -0.4 is 0 Å². The van der Waals surface area contributed by atoms with Crippen LogP contribution in [0.3, 0.4) is 0 Å². The summed E-state index contributed by atoms with van der Waals surface area (Å²) < 4.78 is 5.40. The summed E-state index contributed by atoms with van der Waals surface area (Å²) in [5, 5.41) is 9.91. The monoisotopic (exact) mass is 344 g/mol. The Morgan fingerprint density at radius 2 is 2.08 bits per heavy atom. The summed E-state index contributed by atoms with van der Waals surface area (Å²) in [6.45, 7) is 6.17. The van der Waals surface area contributed by atoms with Gasteiger partial charge in [-0.05, 0) is 56.5 Å². The molecule has 1 aromatic rings. The van der Waals surface area contributed by atoms with E-state index < -0.39 is 0 Å². The van der Waals surface area contributed by atoms with Crippen molar-refractivity contribution in [2.45, 2.75) is 44.2 Å². The number of aromatic hydroxyl groups is 1. The molecule has 5 heteroatoms. The summed E-state index contributed by atoms with van der Waals surface area (Å²) in [6, 6.07) is 8.32. The van der Waals surface area contributed by atoms with Gasteiger partial charge < -0.3 is 14.7 Å². The summed E-state index contributed by atoms with van der Waals surface area (Å²) >= 11 is 0. The van der Waals surface area contributed by atoms with Crippen LogP contribution in [0.4, 0.5) is 0 Å². The van der Waals surface area contributed by atoms with E-state index in [0.717, 1.165) is 25.2 Å². The van der Waals surface area contributed by atoms with Gasteiger partial charge in [0.25, 0.3) is 0 Å². The molecule has 0 unspecified atom stereocenters. The second-order valence-electron chi connectivity index (χ2n) is 7.55. The zero-order valence-electron chi connectivity index (χ0n) is 14.9. The summed E-state index contributed by atoms with van der Waals surface area (Å²) in [6.07, 6.45) is 2.86. The van der Waals surface area contributed by atoms with E-state index >= 15 is 0 Å². The number of likely N-dealkylation sites (tertiary alicyclic amines) is 1. The van der Waals surface area contributed by atoms with Crippen molar-refractivity contribution in [2.75, 3.05) is 32.8 Å². The third kappa shape index (κ3) is 3.04. The van der Waals surface area contributed by atoms with Gasteiger partial charge >= 0.3 is 0 Å². The molecule has 2 bridgehead atoms. The Labute approximate surface area is 149 Å². The maximum atomic E-state index is 12.9. The SMILES string of the molecule is CCOCCC(=O)N1C[C@H](c2cccc(O)c2)[C@H]2[C@@H]1C1CCN2CC1. The molecule has 136 valence electrons. The van der Waals surface area contributed by atoms with Crippen molar-refractivity contribution in [3.05, 3.63) is 29.8 Å². The number of hydrogen-bond donors (Lipinski definition) is 1. The lowest BCUT2D eigenvalue weighted by Crippen LogP contribution is -2.60. The highest BCUT2D eigenvalue weighted by atomic mass is 16.5. The minimum Gasteiger partial charge on any atom is -0.508 e. The number of amides is 1. The molecule has 4 saturated heterocycles. The lowest BCUT2D eigenvalue weighted by molar-refractivity contribution is -0.137. The number of benzene rings is 1. The molecule has 4 heterocycles. The lowest BCUT2D eigenvalue weighted by atomic mass is 9.75. The predicted molar refractivity (Wildman–Crippen MR) is 95.5 cm³/mol. The molecule has 1 amide bonds. The maximum absolute atomic E-state index is 12.9. The Balaban J connectivity index is 1.60. The molecule has 1 N–H and O–H groups in total. The molecular weight excluding hydrogens is 316 g/mol. The Kier molecular flexibility index (Phi) is 4.69. The number of carbonyl (C=O) groups excluding carboxylic acids is 1. The van der Waals surface area contributed by atoms with Gasteiger partial charge in [0.05, 0.1) is 19.1 Å². The fourth-order valence-electron chi connectivity index (χ4n) is 5.20. The average molecular weight is 344 g/mol. The number of fused-ring (bicyclic) bond motifs is 2. The zero-order valence-corrected chi connectivity index (χ0v) is 14.9. The van der Waals surface area contributed by atoms with Gasteiger partial charge in [0, 0.05) is 25.1 Å². The fraction of sp³-hybridized carbons (Fsp3) is 0.650. The Morgan fingerprint density at radius 3 is 2.80 bits per heavy atom. The number of hydrogen-bond acceptors (Lipinski definition) is 4. The maximum Gasteiger partial charge on any atom is 0.225 e. The van der Waals surface area contributed by atoms with Crippen molar-refractivity contribution in [3.8, 4) is 5.75 Å². The van der Waals surface area contributed by atoms with Gasteiger partial charge in [-0.25, -0.2) is 0 Å². The number of phenolic OH excluding ortho intramolecular Hbond substituents is 1. The number of nitrogens with zero attached hydrogens (tertiary/aromatic N) is 2. The van der Waals surface area contributed by atoms with Crippen molar-refractivity contribution >= 4 is 5.91 Å². The minimum atomic E-state index is 0.222. The first-order chi connectivity index (χ1) is 12.2. The highest BCUT2D eigenvalue weighted by Gasteiger charge is 2.54. The molecule has 4 fully saturated rings. The van der Waals surface area contributed by atoms with E-state index in [1.807, 2.05) is 19.1 Å². The van der Waals surface area contributed by atoms with E-state index in [0.29, 0.717) is 43.4 Å². The number of carbonyl (C=O) groups is 1. The van der Waals surface area contributed by atoms with Gasteiger partial charge in [-0.1, -0.05) is 12.1 Å². The van der Waals surface area contributed by atoms with E-state index in [-0.39, 0.29) is 11.8 Å². The van der Waals surface area contributed by atoms with E-state index in [1.54, 1.807) is 6.07 Å². The second-order valence-corrected chi connectivity index (χ2v) is 7.55. The van der Waals surface area contributed by atoms with Gasteiger partial charge in [-0.3, -0.25) is 9.69 Å². The summed E-state index contributed by atoms with van der Waals surface area (Å²) in [5.74, 6) is 1.44. The smallest absolute Gasteiger partial charge is 0.225 e. The summed E-state index contributed by atoms with van der Waals surface area (Å²) in [7, 11) is 0. The van der Waals surface area contributed by atoms with E-state index in [4.69, 9.17) is 4.74 Å². The minimum absolute atomic E-state index is 0.222. The van der Waals surface area contributed by atoms with Crippen LogP contribution in [0.1, 0.15) is 37.7 Å². The van der Waals surface area contributed by atoms with E-state index in [9.17, 15) is 9.90 Å². The Hall–Kier alpha value is -1.59. The highest BCUT2D eigenvalue weighted by Crippen LogP contribution is 2.46. The van der Waals surface area contributed by atoms with Crippen LogP contribution in [0.25, 0.3) is 0 Å². The van der Waals surface area contributed by atoms with Crippen LogP contribution in [0, 0.1) is 5.92 Å². The molecule has 4 aliphatic rings. The lowest BCUT2D eigenvalue weighted by Gasteiger charge is -2.51. The highest BCUT2D eigenvalue weighted by molar-refractivity contribution is 5.77. The van der Waals surface area contributed by atoms with Crippen LogP contribution >= 0.6 is 0 Å².